The molecule has 1 aliphatic heterocycles. The van der Waals surface area contributed by atoms with Crippen LogP contribution < -0.4 is 5.32 Å². The molecule has 1 aromatic rings. The van der Waals surface area contributed by atoms with Crippen molar-refractivity contribution in [1.29, 1.82) is 0 Å². The number of rotatable bonds is 6. The second-order valence-corrected chi connectivity index (χ2v) is 7.85. The van der Waals surface area contributed by atoms with Gasteiger partial charge in [-0.25, -0.2) is 4.98 Å². The minimum absolute atomic E-state index is 0.306. The molecule has 2 fully saturated rings. The number of thioether (sulfide) groups is 1. The molecule has 2 heterocycles. The second kappa shape index (κ2) is 7.79. The topological polar surface area (TPSA) is 53.9 Å². The smallest absolute Gasteiger partial charge is 0.243 e. The van der Waals surface area contributed by atoms with Gasteiger partial charge in [0.1, 0.15) is 0 Å². The van der Waals surface area contributed by atoms with Crippen LogP contribution in [0.15, 0.2) is 0 Å². The third kappa shape index (κ3) is 3.79. The first-order valence-electron chi connectivity index (χ1n) is 9.06. The first-order valence-corrected chi connectivity index (χ1v) is 10.2. The van der Waals surface area contributed by atoms with Gasteiger partial charge >= 0.3 is 0 Å². The third-order valence-electron chi connectivity index (χ3n) is 5.30. The normalized spacial score (nSPS) is 21.5. The van der Waals surface area contributed by atoms with Crippen LogP contribution in [0.5, 0.6) is 0 Å². The lowest BCUT2D eigenvalue weighted by molar-refractivity contribution is 0.116. The molecule has 3 rings (SSSR count). The molecule has 1 saturated carbocycles. The van der Waals surface area contributed by atoms with E-state index >= 15 is 0 Å². The van der Waals surface area contributed by atoms with Crippen molar-refractivity contribution in [2.45, 2.75) is 57.9 Å². The van der Waals surface area contributed by atoms with Gasteiger partial charge < -0.3 is 5.32 Å². The minimum atomic E-state index is 0.306. The summed E-state index contributed by atoms with van der Waals surface area (Å²) >= 11 is 2.08. The highest BCUT2D eigenvalue weighted by Gasteiger charge is 2.39. The SMILES string of the molecule is CCc1nnc(NCC2(N3CCSCC3)CCCC2)nc1CC. The summed E-state index contributed by atoms with van der Waals surface area (Å²) in [7, 11) is 0. The number of hydrogen-bond acceptors (Lipinski definition) is 6. The zero-order valence-corrected chi connectivity index (χ0v) is 15.3. The van der Waals surface area contributed by atoms with Crippen LogP contribution in [0.4, 0.5) is 5.95 Å². The van der Waals surface area contributed by atoms with E-state index in [-0.39, 0.29) is 0 Å². The lowest BCUT2D eigenvalue weighted by atomic mass is 9.94. The molecule has 128 valence electrons. The number of nitrogens with one attached hydrogen (secondary N) is 1. The molecule has 0 spiro atoms. The van der Waals surface area contributed by atoms with E-state index in [2.05, 4.69) is 46.0 Å². The average molecular weight is 336 g/mol. The standard InChI is InChI=1S/C17H29N5S/c1-3-14-15(4-2)20-21-16(19-14)18-13-17(7-5-6-8-17)22-9-11-23-12-10-22/h3-13H2,1-2H3,(H,18,19,21). The van der Waals surface area contributed by atoms with Gasteiger partial charge in [-0.15, -0.1) is 5.10 Å². The van der Waals surface area contributed by atoms with Gasteiger partial charge in [-0.1, -0.05) is 26.7 Å². The summed E-state index contributed by atoms with van der Waals surface area (Å²) in [5.74, 6) is 3.24. The molecule has 1 aliphatic carbocycles. The van der Waals surface area contributed by atoms with Crippen molar-refractivity contribution in [3.05, 3.63) is 11.4 Å². The van der Waals surface area contributed by atoms with Crippen molar-refractivity contribution in [2.24, 2.45) is 0 Å². The number of aryl methyl sites for hydroxylation is 2. The Balaban J connectivity index is 1.69. The van der Waals surface area contributed by atoms with Crippen molar-refractivity contribution >= 4 is 17.7 Å². The monoisotopic (exact) mass is 335 g/mol. The largest absolute Gasteiger partial charge is 0.351 e. The molecule has 0 unspecified atom stereocenters. The van der Waals surface area contributed by atoms with Crippen LogP contribution >= 0.6 is 11.8 Å². The lowest BCUT2D eigenvalue weighted by Gasteiger charge is -2.43. The fourth-order valence-electron chi connectivity index (χ4n) is 3.93. The number of anilines is 1. The zero-order chi connectivity index (χ0) is 16.1. The minimum Gasteiger partial charge on any atom is -0.351 e. The Labute approximate surface area is 144 Å². The van der Waals surface area contributed by atoms with E-state index in [1.165, 1.54) is 50.3 Å². The highest BCUT2D eigenvalue weighted by atomic mass is 32.2. The van der Waals surface area contributed by atoms with Crippen LogP contribution in [0.1, 0.15) is 50.9 Å². The van der Waals surface area contributed by atoms with Crippen LogP contribution in [0, 0.1) is 0 Å². The van der Waals surface area contributed by atoms with E-state index in [0.29, 0.717) is 11.5 Å². The summed E-state index contributed by atoms with van der Waals surface area (Å²) < 4.78 is 0. The van der Waals surface area contributed by atoms with Gasteiger partial charge in [-0.3, -0.25) is 4.90 Å². The molecular formula is C17H29N5S. The Hall–Kier alpha value is -0.880. The summed E-state index contributed by atoms with van der Waals surface area (Å²) in [6, 6.07) is 0. The van der Waals surface area contributed by atoms with Crippen molar-refractivity contribution in [3.8, 4) is 0 Å². The summed E-state index contributed by atoms with van der Waals surface area (Å²) in [6.07, 6.45) is 7.11. The molecule has 2 aliphatic rings. The molecule has 1 N–H and O–H groups in total. The molecule has 0 aromatic carbocycles. The van der Waals surface area contributed by atoms with E-state index < -0.39 is 0 Å². The number of nitrogens with zero attached hydrogens (tertiary/aromatic N) is 4. The van der Waals surface area contributed by atoms with Crippen LogP contribution in [0.25, 0.3) is 0 Å². The molecule has 23 heavy (non-hydrogen) atoms. The van der Waals surface area contributed by atoms with E-state index in [4.69, 9.17) is 4.98 Å². The van der Waals surface area contributed by atoms with Gasteiger partial charge in [-0.05, 0) is 25.7 Å². The van der Waals surface area contributed by atoms with Gasteiger partial charge in [-0.2, -0.15) is 16.9 Å². The van der Waals surface area contributed by atoms with Gasteiger partial charge in [0.05, 0.1) is 11.4 Å². The highest BCUT2D eigenvalue weighted by Crippen LogP contribution is 2.36. The molecule has 1 saturated heterocycles. The lowest BCUT2D eigenvalue weighted by Crippen LogP contribution is -2.54. The van der Waals surface area contributed by atoms with E-state index in [0.717, 1.165) is 30.8 Å². The Kier molecular flexibility index (Phi) is 5.75. The van der Waals surface area contributed by atoms with Crippen LogP contribution in [-0.4, -0.2) is 56.8 Å². The number of hydrogen-bond donors (Lipinski definition) is 1. The maximum absolute atomic E-state index is 4.69. The molecule has 0 radical (unpaired) electrons. The van der Waals surface area contributed by atoms with E-state index in [1.807, 2.05) is 0 Å². The molecule has 0 bridgehead atoms. The second-order valence-electron chi connectivity index (χ2n) is 6.62. The molecule has 5 nitrogen and oxygen atoms in total. The summed E-state index contributed by atoms with van der Waals surface area (Å²) in [4.78, 5) is 7.41. The van der Waals surface area contributed by atoms with Crippen LogP contribution in [0.3, 0.4) is 0 Å². The first-order chi connectivity index (χ1) is 11.3. The quantitative estimate of drug-likeness (QED) is 0.863. The van der Waals surface area contributed by atoms with Crippen LogP contribution in [0.2, 0.25) is 0 Å². The fourth-order valence-corrected chi connectivity index (χ4v) is 4.84. The molecule has 0 amide bonds. The molecule has 0 atom stereocenters. The van der Waals surface area contributed by atoms with Gasteiger partial charge in [0.25, 0.3) is 0 Å². The summed E-state index contributed by atoms with van der Waals surface area (Å²) in [5.41, 5.74) is 2.42. The van der Waals surface area contributed by atoms with Gasteiger partial charge in [0, 0.05) is 36.7 Å². The van der Waals surface area contributed by atoms with Gasteiger partial charge in [0.15, 0.2) is 0 Å². The van der Waals surface area contributed by atoms with E-state index in [1.54, 1.807) is 0 Å². The van der Waals surface area contributed by atoms with Crippen molar-refractivity contribution in [3.63, 3.8) is 0 Å². The molecule has 1 aromatic heterocycles. The Morgan fingerprint density at radius 3 is 2.39 bits per heavy atom. The van der Waals surface area contributed by atoms with E-state index in [9.17, 15) is 0 Å². The predicted octanol–water partition coefficient (Wildman–Crippen LogP) is 2.77. The summed E-state index contributed by atoms with van der Waals surface area (Å²) in [5, 5.41) is 12.2. The fraction of sp³-hybridized carbons (Fsp3) is 0.824. The molecular weight excluding hydrogens is 306 g/mol. The average Bonchev–Trinajstić information content (AvgIpc) is 3.10. The first kappa shape index (κ1) is 17.0. The van der Waals surface area contributed by atoms with Crippen molar-refractivity contribution in [1.82, 2.24) is 20.1 Å². The summed E-state index contributed by atoms with van der Waals surface area (Å²) in [6.45, 7) is 7.64. The maximum Gasteiger partial charge on any atom is 0.243 e. The Morgan fingerprint density at radius 1 is 1.04 bits per heavy atom. The highest BCUT2D eigenvalue weighted by molar-refractivity contribution is 7.99. The maximum atomic E-state index is 4.69. The van der Waals surface area contributed by atoms with Crippen LogP contribution in [-0.2, 0) is 12.8 Å². The Morgan fingerprint density at radius 2 is 1.74 bits per heavy atom. The predicted molar refractivity (Wildman–Crippen MR) is 97.2 cm³/mol. The zero-order valence-electron chi connectivity index (χ0n) is 14.5. The van der Waals surface area contributed by atoms with Crippen molar-refractivity contribution in [2.75, 3.05) is 36.5 Å². The third-order valence-corrected chi connectivity index (χ3v) is 6.24. The van der Waals surface area contributed by atoms with Gasteiger partial charge in [0.2, 0.25) is 5.95 Å². The Bertz CT molecular complexity index is 510. The van der Waals surface area contributed by atoms with Crippen molar-refractivity contribution < 1.29 is 0 Å². The molecule has 6 heteroatoms. The number of aromatic nitrogens is 3.